The van der Waals surface area contributed by atoms with Crippen molar-refractivity contribution in [3.63, 3.8) is 0 Å². The second-order valence-corrected chi connectivity index (χ2v) is 9.94. The van der Waals surface area contributed by atoms with E-state index >= 15 is 4.39 Å². The van der Waals surface area contributed by atoms with Gasteiger partial charge in [0.1, 0.15) is 18.5 Å². The number of halogens is 3. The Balaban J connectivity index is 1.57. The summed E-state index contributed by atoms with van der Waals surface area (Å²) in [4.78, 5) is 52.3. The first-order chi connectivity index (χ1) is 16.6. The molecule has 35 heavy (non-hydrogen) atoms. The highest BCUT2D eigenvalue weighted by Crippen LogP contribution is 2.44. The third-order valence-electron chi connectivity index (χ3n) is 7.71. The van der Waals surface area contributed by atoms with Crippen LogP contribution in [0.3, 0.4) is 0 Å². The zero-order chi connectivity index (χ0) is 25.3. The fourth-order valence-electron chi connectivity index (χ4n) is 5.80. The van der Waals surface area contributed by atoms with Crippen molar-refractivity contribution in [1.82, 2.24) is 15.5 Å². The Morgan fingerprint density at radius 1 is 1.26 bits per heavy atom. The maximum absolute atomic E-state index is 15.8. The zero-order valence-electron chi connectivity index (χ0n) is 19.6. The molecule has 1 aromatic rings. The van der Waals surface area contributed by atoms with Crippen LogP contribution in [0.15, 0.2) is 24.3 Å². The van der Waals surface area contributed by atoms with Crippen LogP contribution in [0.4, 0.5) is 13.2 Å². The van der Waals surface area contributed by atoms with Crippen molar-refractivity contribution >= 4 is 23.5 Å². The van der Waals surface area contributed by atoms with E-state index in [-0.39, 0.29) is 36.3 Å². The van der Waals surface area contributed by atoms with Crippen molar-refractivity contribution in [1.29, 1.82) is 0 Å². The molecule has 0 bridgehead atoms. The number of nitrogens with zero attached hydrogens (tertiary/aromatic N) is 1. The first kappa shape index (κ1) is 25.2. The normalized spacial score (nSPS) is 28.2. The predicted octanol–water partition coefficient (Wildman–Crippen LogP) is 2.19. The van der Waals surface area contributed by atoms with Crippen LogP contribution in [0.25, 0.3) is 0 Å². The second-order valence-electron chi connectivity index (χ2n) is 9.94. The molecule has 0 unspecified atom stereocenters. The van der Waals surface area contributed by atoms with Crippen LogP contribution < -0.4 is 10.6 Å². The molecule has 0 aromatic heterocycles. The van der Waals surface area contributed by atoms with Gasteiger partial charge in [0.25, 0.3) is 5.91 Å². The summed E-state index contributed by atoms with van der Waals surface area (Å²) in [6.45, 7) is 0.350. The molecule has 10 heteroatoms. The number of ketones is 1. The van der Waals surface area contributed by atoms with Gasteiger partial charge in [-0.2, -0.15) is 0 Å². The standard InChI is InChI=1S/C25H30F3N3O4/c1-25(28,16-5-3-6-17(27)11-16)24(35)31-13-15-4-2-7-18(15)21(31)23(34)30-19(20(32)12-26)10-14-8-9-29-22(14)33/h3,5-6,11,14-15,18-19,21H,2,4,7-10,12-13H2,1H3,(H,29,33)(H,30,34)/t14-,15-,18-,19+,21-,25+/m0/s1. The average Bonchev–Trinajstić information content (AvgIpc) is 3.53. The van der Waals surface area contributed by atoms with Crippen LogP contribution in [-0.2, 0) is 24.8 Å². The van der Waals surface area contributed by atoms with Crippen LogP contribution in [0.1, 0.15) is 44.6 Å². The molecule has 1 aliphatic carbocycles. The molecule has 4 rings (SSSR count). The van der Waals surface area contributed by atoms with E-state index in [2.05, 4.69) is 10.6 Å². The molecule has 7 nitrogen and oxygen atoms in total. The van der Waals surface area contributed by atoms with Crippen molar-refractivity contribution in [2.45, 2.75) is 56.8 Å². The van der Waals surface area contributed by atoms with Gasteiger partial charge in [0.15, 0.2) is 5.78 Å². The Kier molecular flexibility index (Phi) is 7.19. The molecular weight excluding hydrogens is 463 g/mol. The van der Waals surface area contributed by atoms with Crippen molar-refractivity contribution in [2.24, 2.45) is 17.8 Å². The largest absolute Gasteiger partial charge is 0.356 e. The van der Waals surface area contributed by atoms with Gasteiger partial charge >= 0.3 is 0 Å². The average molecular weight is 494 g/mol. The van der Waals surface area contributed by atoms with Gasteiger partial charge in [-0.15, -0.1) is 0 Å². The monoisotopic (exact) mass is 493 g/mol. The second kappa shape index (κ2) is 9.99. The van der Waals surface area contributed by atoms with Gasteiger partial charge in [-0.25, -0.2) is 13.2 Å². The van der Waals surface area contributed by atoms with E-state index < -0.39 is 53.8 Å². The molecule has 2 aliphatic heterocycles. The lowest BCUT2D eigenvalue weighted by atomic mass is 9.91. The lowest BCUT2D eigenvalue weighted by Crippen LogP contribution is -2.55. The highest BCUT2D eigenvalue weighted by Gasteiger charge is 2.53. The molecule has 0 radical (unpaired) electrons. The molecule has 2 N–H and O–H groups in total. The van der Waals surface area contributed by atoms with Gasteiger partial charge in [-0.1, -0.05) is 18.6 Å². The van der Waals surface area contributed by atoms with Crippen molar-refractivity contribution in [2.75, 3.05) is 19.8 Å². The maximum Gasteiger partial charge on any atom is 0.265 e. The molecule has 1 saturated carbocycles. The number of carbonyl (C=O) groups is 4. The SMILES string of the molecule is C[C@](F)(C(=O)N1C[C@@H]2CCC[C@@H]2[C@H]1C(=O)N[C@H](C[C@@H]1CCNC1=O)C(=O)CF)c1cccc(F)c1. The lowest BCUT2D eigenvalue weighted by Gasteiger charge is -2.33. The Morgan fingerprint density at radius 3 is 2.69 bits per heavy atom. The van der Waals surface area contributed by atoms with Gasteiger partial charge in [-0.05, 0) is 56.6 Å². The number of likely N-dealkylation sites (tertiary alicyclic amines) is 1. The summed E-state index contributed by atoms with van der Waals surface area (Å²) in [5, 5.41) is 5.22. The van der Waals surface area contributed by atoms with Crippen LogP contribution >= 0.6 is 0 Å². The summed E-state index contributed by atoms with van der Waals surface area (Å²) in [7, 11) is 0. The van der Waals surface area contributed by atoms with Crippen molar-refractivity contribution in [3.05, 3.63) is 35.6 Å². The minimum Gasteiger partial charge on any atom is -0.356 e. The third kappa shape index (κ3) is 4.92. The quantitative estimate of drug-likeness (QED) is 0.581. The summed E-state index contributed by atoms with van der Waals surface area (Å²) < 4.78 is 42.8. The topological polar surface area (TPSA) is 95.6 Å². The lowest BCUT2D eigenvalue weighted by molar-refractivity contribution is -0.149. The van der Waals surface area contributed by atoms with E-state index in [0.29, 0.717) is 19.4 Å². The minimum absolute atomic E-state index is 0.00561. The number of benzene rings is 1. The molecule has 0 spiro atoms. The van der Waals surface area contributed by atoms with E-state index in [1.165, 1.54) is 17.0 Å². The Labute approximate surface area is 201 Å². The van der Waals surface area contributed by atoms with E-state index in [4.69, 9.17) is 0 Å². The van der Waals surface area contributed by atoms with E-state index in [0.717, 1.165) is 31.9 Å². The van der Waals surface area contributed by atoms with Gasteiger partial charge < -0.3 is 15.5 Å². The summed E-state index contributed by atoms with van der Waals surface area (Å²) in [5.74, 6) is -4.17. The number of rotatable bonds is 8. The Hall–Kier alpha value is -2.91. The van der Waals surface area contributed by atoms with Crippen molar-refractivity contribution < 1.29 is 32.3 Å². The van der Waals surface area contributed by atoms with Crippen LogP contribution in [0.2, 0.25) is 0 Å². The molecule has 190 valence electrons. The number of amides is 3. The first-order valence-corrected chi connectivity index (χ1v) is 12.1. The van der Waals surface area contributed by atoms with Gasteiger partial charge in [0, 0.05) is 24.6 Å². The molecule has 3 fully saturated rings. The number of Topliss-reactive ketones (excluding diaryl/α,β-unsaturated/α-hetero) is 1. The number of alkyl halides is 2. The molecular formula is C25H30F3N3O4. The third-order valence-corrected chi connectivity index (χ3v) is 7.71. The van der Waals surface area contributed by atoms with Crippen LogP contribution in [0.5, 0.6) is 0 Å². The number of carbonyl (C=O) groups excluding carboxylic acids is 4. The molecule has 3 amide bonds. The fourth-order valence-corrected chi connectivity index (χ4v) is 5.80. The van der Waals surface area contributed by atoms with E-state index in [9.17, 15) is 28.0 Å². The Bertz CT molecular complexity index is 1020. The number of nitrogens with one attached hydrogen (secondary N) is 2. The molecule has 1 aromatic carbocycles. The van der Waals surface area contributed by atoms with E-state index in [1.807, 2.05) is 0 Å². The number of hydrogen-bond donors (Lipinski definition) is 2. The highest BCUT2D eigenvalue weighted by molar-refractivity contribution is 5.96. The maximum atomic E-state index is 15.8. The first-order valence-electron chi connectivity index (χ1n) is 12.1. The summed E-state index contributed by atoms with van der Waals surface area (Å²) in [6, 6.07) is 2.46. The molecule has 3 aliphatic rings. The highest BCUT2D eigenvalue weighted by atomic mass is 19.1. The minimum atomic E-state index is -2.57. The summed E-state index contributed by atoms with van der Waals surface area (Å²) in [6.07, 6.45) is 2.71. The van der Waals surface area contributed by atoms with Gasteiger partial charge in [0.05, 0.1) is 6.04 Å². The van der Waals surface area contributed by atoms with Gasteiger partial charge in [0.2, 0.25) is 17.5 Å². The smallest absolute Gasteiger partial charge is 0.265 e. The molecule has 2 saturated heterocycles. The number of fused-ring (bicyclic) bond motifs is 1. The van der Waals surface area contributed by atoms with E-state index in [1.54, 1.807) is 0 Å². The number of hydrogen-bond acceptors (Lipinski definition) is 4. The molecule has 6 atom stereocenters. The predicted molar refractivity (Wildman–Crippen MR) is 120 cm³/mol. The zero-order valence-corrected chi connectivity index (χ0v) is 19.6. The fraction of sp³-hybridized carbons (Fsp3) is 0.600. The molecule has 2 heterocycles. The van der Waals surface area contributed by atoms with Gasteiger partial charge in [-0.3, -0.25) is 19.2 Å². The summed E-state index contributed by atoms with van der Waals surface area (Å²) >= 11 is 0. The van der Waals surface area contributed by atoms with Crippen LogP contribution in [0, 0.1) is 23.6 Å². The summed E-state index contributed by atoms with van der Waals surface area (Å²) in [5.41, 5.74) is -2.73. The Morgan fingerprint density at radius 2 is 2.03 bits per heavy atom. The van der Waals surface area contributed by atoms with Crippen LogP contribution in [-0.4, -0.2) is 60.3 Å². The van der Waals surface area contributed by atoms with Crippen molar-refractivity contribution in [3.8, 4) is 0 Å².